The maximum atomic E-state index is 3.70. The van der Waals surface area contributed by atoms with Crippen molar-refractivity contribution < 1.29 is 0 Å². The number of benzene rings is 2. The van der Waals surface area contributed by atoms with Crippen LogP contribution in [0.15, 0.2) is 84.2 Å². The van der Waals surface area contributed by atoms with Crippen LogP contribution in [0.2, 0.25) is 0 Å². The summed E-state index contributed by atoms with van der Waals surface area (Å²) in [5.74, 6) is 0. The number of alkyl halides is 1. The minimum absolute atomic E-state index is 0.138. The molecule has 0 saturated heterocycles. The molecule has 126 valence electrons. The molecule has 4 rings (SSSR count). The first-order valence-electron chi connectivity index (χ1n) is 8.57. The Morgan fingerprint density at radius 2 is 1.36 bits per heavy atom. The lowest BCUT2D eigenvalue weighted by molar-refractivity contribution is 0.486. The van der Waals surface area contributed by atoms with Crippen LogP contribution in [0.25, 0.3) is 11.4 Å². The van der Waals surface area contributed by atoms with Gasteiger partial charge in [0.1, 0.15) is 0 Å². The quantitative estimate of drug-likeness (QED) is 0.694. The van der Waals surface area contributed by atoms with Gasteiger partial charge in [-0.25, -0.2) is 0 Å². The maximum Gasteiger partial charge on any atom is 0.0703 e. The highest BCUT2D eigenvalue weighted by atomic mass is 79.9. The fraction of sp³-hybridized carbons (Fsp3) is 0.182. The maximum absolute atomic E-state index is 3.70. The molecule has 2 aromatic carbocycles. The molecule has 0 saturated carbocycles. The van der Waals surface area contributed by atoms with Crippen LogP contribution in [0.3, 0.4) is 0 Å². The van der Waals surface area contributed by atoms with E-state index in [-0.39, 0.29) is 5.41 Å². The minimum atomic E-state index is 0.138. The number of hydrogen-bond donors (Lipinski definition) is 2. The molecule has 1 aliphatic heterocycles. The van der Waals surface area contributed by atoms with Gasteiger partial charge in [-0.05, 0) is 6.42 Å². The third-order valence-corrected chi connectivity index (χ3v) is 6.04. The van der Waals surface area contributed by atoms with Crippen molar-refractivity contribution in [1.29, 1.82) is 0 Å². The molecule has 1 aliphatic carbocycles. The van der Waals surface area contributed by atoms with Gasteiger partial charge in [0, 0.05) is 21.9 Å². The fourth-order valence-electron chi connectivity index (χ4n) is 3.28. The summed E-state index contributed by atoms with van der Waals surface area (Å²) in [6.07, 6.45) is 5.66. The first kappa shape index (κ1) is 16.2. The highest BCUT2D eigenvalue weighted by Crippen LogP contribution is 2.37. The van der Waals surface area contributed by atoms with E-state index in [1.165, 1.54) is 11.1 Å². The molecule has 3 heteroatoms. The first-order chi connectivity index (χ1) is 12.2. The molecule has 2 N–H and O–H groups in total. The van der Waals surface area contributed by atoms with E-state index >= 15 is 0 Å². The fourth-order valence-corrected chi connectivity index (χ4v) is 3.67. The molecule has 0 amide bonds. The van der Waals surface area contributed by atoms with Crippen LogP contribution < -0.4 is 10.6 Å². The predicted molar refractivity (Wildman–Crippen MR) is 109 cm³/mol. The van der Waals surface area contributed by atoms with Crippen LogP contribution >= 0.6 is 15.9 Å². The summed E-state index contributed by atoms with van der Waals surface area (Å²) in [5, 5.41) is 8.32. The van der Waals surface area contributed by atoms with Crippen LogP contribution in [0.1, 0.15) is 24.5 Å². The molecule has 0 aromatic heterocycles. The van der Waals surface area contributed by atoms with E-state index in [0.717, 1.165) is 34.5 Å². The molecule has 1 heterocycles. The highest BCUT2D eigenvalue weighted by Gasteiger charge is 2.29. The topological polar surface area (TPSA) is 24.1 Å². The van der Waals surface area contributed by atoms with Crippen molar-refractivity contribution in [3.63, 3.8) is 0 Å². The van der Waals surface area contributed by atoms with Gasteiger partial charge >= 0.3 is 0 Å². The molecule has 0 radical (unpaired) electrons. The van der Waals surface area contributed by atoms with Crippen molar-refractivity contribution in [2.24, 2.45) is 5.41 Å². The lowest BCUT2D eigenvalue weighted by Gasteiger charge is -2.35. The van der Waals surface area contributed by atoms with Gasteiger partial charge in [0.05, 0.1) is 22.8 Å². The second-order valence-electron chi connectivity index (χ2n) is 6.90. The van der Waals surface area contributed by atoms with Crippen LogP contribution in [0, 0.1) is 5.41 Å². The molecular weight excluding hydrogens is 372 g/mol. The second-order valence-corrected chi connectivity index (χ2v) is 7.46. The van der Waals surface area contributed by atoms with Crippen molar-refractivity contribution >= 4 is 27.3 Å². The standard InChI is InChI=1S/C22H21BrN2/c1-22(15-23)13-12-18-19(14-22)25-21(17-10-6-3-7-11-17)20(24-18)16-8-4-2-5-9-16/h2-12,14,24-25H,13,15H2,1H3/t22-/m0/s1. The summed E-state index contributed by atoms with van der Waals surface area (Å²) < 4.78 is 0. The van der Waals surface area contributed by atoms with E-state index < -0.39 is 0 Å². The van der Waals surface area contributed by atoms with Crippen molar-refractivity contribution in [2.45, 2.75) is 13.3 Å². The Labute approximate surface area is 157 Å². The zero-order chi connectivity index (χ0) is 17.3. The number of halogens is 1. The first-order valence-corrected chi connectivity index (χ1v) is 9.69. The Kier molecular flexibility index (Phi) is 4.26. The summed E-state index contributed by atoms with van der Waals surface area (Å²) >= 11 is 3.66. The van der Waals surface area contributed by atoms with Crippen LogP contribution in [-0.2, 0) is 0 Å². The average molecular weight is 393 g/mol. The number of fused-ring (bicyclic) bond motifs is 1. The third-order valence-electron chi connectivity index (χ3n) is 4.76. The molecule has 0 bridgehead atoms. The van der Waals surface area contributed by atoms with Crippen LogP contribution in [-0.4, -0.2) is 5.33 Å². The molecule has 2 nitrogen and oxygen atoms in total. The van der Waals surface area contributed by atoms with E-state index in [0.29, 0.717) is 0 Å². The monoisotopic (exact) mass is 392 g/mol. The molecule has 1 atom stereocenters. The molecule has 0 fully saturated rings. The molecule has 25 heavy (non-hydrogen) atoms. The van der Waals surface area contributed by atoms with E-state index in [1.807, 2.05) is 0 Å². The zero-order valence-corrected chi connectivity index (χ0v) is 15.8. The summed E-state index contributed by atoms with van der Waals surface area (Å²) in [6.45, 7) is 2.28. The molecule has 0 unspecified atom stereocenters. The lowest BCUT2D eigenvalue weighted by Crippen LogP contribution is -2.34. The van der Waals surface area contributed by atoms with E-state index in [4.69, 9.17) is 0 Å². The van der Waals surface area contributed by atoms with Crippen molar-refractivity contribution in [1.82, 2.24) is 10.6 Å². The SMILES string of the molecule is C[C@@]1(CBr)C=C2NC(c3ccccc3)=C(c3ccccc3)NC2=CC1. The number of rotatable bonds is 3. The second kappa shape index (κ2) is 6.57. The average Bonchev–Trinajstić information content (AvgIpc) is 2.68. The number of hydrogen-bond acceptors (Lipinski definition) is 2. The van der Waals surface area contributed by atoms with E-state index in [2.05, 4.69) is 106 Å². The van der Waals surface area contributed by atoms with Crippen LogP contribution in [0.4, 0.5) is 0 Å². The highest BCUT2D eigenvalue weighted by molar-refractivity contribution is 9.09. The smallest absolute Gasteiger partial charge is 0.0703 e. The molecule has 0 spiro atoms. The molecular formula is C22H21BrN2. The van der Waals surface area contributed by atoms with Gasteiger partial charge in [-0.2, -0.15) is 0 Å². The normalized spacial score (nSPS) is 22.3. The van der Waals surface area contributed by atoms with Crippen molar-refractivity contribution in [2.75, 3.05) is 5.33 Å². The Balaban J connectivity index is 1.85. The van der Waals surface area contributed by atoms with E-state index in [1.54, 1.807) is 0 Å². The molecule has 2 aromatic rings. The summed E-state index contributed by atoms with van der Waals surface area (Å²) in [4.78, 5) is 0. The summed E-state index contributed by atoms with van der Waals surface area (Å²) in [7, 11) is 0. The summed E-state index contributed by atoms with van der Waals surface area (Å²) in [6, 6.07) is 21.0. The van der Waals surface area contributed by atoms with E-state index in [9.17, 15) is 0 Å². The van der Waals surface area contributed by atoms with Crippen molar-refractivity contribution in [3.05, 3.63) is 95.3 Å². The number of allylic oxidation sites excluding steroid dienone is 2. The Bertz CT molecular complexity index is 865. The van der Waals surface area contributed by atoms with Gasteiger partial charge < -0.3 is 10.6 Å². The Morgan fingerprint density at radius 3 is 1.88 bits per heavy atom. The largest absolute Gasteiger partial charge is 0.352 e. The number of nitrogens with one attached hydrogen (secondary N) is 2. The Hall–Kier alpha value is -2.26. The molecule has 2 aliphatic rings. The van der Waals surface area contributed by atoms with Gasteiger partial charge in [-0.1, -0.05) is 95.7 Å². The van der Waals surface area contributed by atoms with Gasteiger partial charge in [-0.15, -0.1) is 0 Å². The van der Waals surface area contributed by atoms with Gasteiger partial charge in [0.15, 0.2) is 0 Å². The van der Waals surface area contributed by atoms with Crippen LogP contribution in [0.5, 0.6) is 0 Å². The predicted octanol–water partition coefficient (Wildman–Crippen LogP) is 5.28. The summed E-state index contributed by atoms with van der Waals surface area (Å²) in [5.41, 5.74) is 7.07. The third kappa shape index (κ3) is 3.16. The van der Waals surface area contributed by atoms with Crippen molar-refractivity contribution in [3.8, 4) is 0 Å². The Morgan fingerprint density at radius 1 is 0.840 bits per heavy atom. The van der Waals surface area contributed by atoms with Gasteiger partial charge in [0.25, 0.3) is 0 Å². The lowest BCUT2D eigenvalue weighted by atomic mass is 9.83. The van der Waals surface area contributed by atoms with Gasteiger partial charge in [0.2, 0.25) is 0 Å². The van der Waals surface area contributed by atoms with Gasteiger partial charge in [-0.3, -0.25) is 0 Å². The minimum Gasteiger partial charge on any atom is -0.352 e. The zero-order valence-electron chi connectivity index (χ0n) is 14.2.